The third-order valence-electron chi connectivity index (χ3n) is 2.50. The Labute approximate surface area is 119 Å². The van der Waals surface area contributed by atoms with Crippen LogP contribution in [0.2, 0.25) is 5.02 Å². The zero-order valence-electron chi connectivity index (χ0n) is 11.3. The molecule has 3 nitrogen and oxygen atoms in total. The van der Waals surface area contributed by atoms with Crippen LogP contribution in [-0.4, -0.2) is 32.9 Å². The van der Waals surface area contributed by atoms with Gasteiger partial charge in [-0.15, -0.1) is 0 Å². The zero-order chi connectivity index (χ0) is 13.9. The number of hydrogen-bond acceptors (Lipinski definition) is 3. The monoisotopic (exact) mass is 289 g/mol. The summed E-state index contributed by atoms with van der Waals surface area (Å²) in [5.41, 5.74) is 0. The van der Waals surface area contributed by atoms with Gasteiger partial charge in [0, 0.05) is 25.8 Å². The molecule has 0 atom stereocenters. The maximum atomic E-state index is 13.1. The van der Waals surface area contributed by atoms with Gasteiger partial charge in [-0.1, -0.05) is 24.9 Å². The predicted molar refractivity (Wildman–Crippen MR) is 75.5 cm³/mol. The van der Waals surface area contributed by atoms with Crippen molar-refractivity contribution in [2.45, 2.75) is 19.8 Å². The van der Waals surface area contributed by atoms with Crippen LogP contribution < -0.4 is 10.1 Å². The van der Waals surface area contributed by atoms with E-state index in [9.17, 15) is 4.39 Å². The fourth-order valence-corrected chi connectivity index (χ4v) is 1.54. The van der Waals surface area contributed by atoms with Crippen molar-refractivity contribution < 1.29 is 13.9 Å². The van der Waals surface area contributed by atoms with Crippen LogP contribution in [0.3, 0.4) is 0 Å². The first-order valence-corrected chi connectivity index (χ1v) is 6.98. The Kier molecular flexibility index (Phi) is 8.54. The Morgan fingerprint density at radius 2 is 2.00 bits per heavy atom. The largest absolute Gasteiger partial charge is 0.492 e. The van der Waals surface area contributed by atoms with Gasteiger partial charge in [-0.05, 0) is 18.6 Å². The van der Waals surface area contributed by atoms with Crippen molar-refractivity contribution in [3.05, 3.63) is 29.0 Å². The van der Waals surface area contributed by atoms with Crippen LogP contribution in [0, 0.1) is 5.82 Å². The highest BCUT2D eigenvalue weighted by Gasteiger charge is 2.01. The van der Waals surface area contributed by atoms with E-state index in [1.165, 1.54) is 12.1 Å². The maximum absolute atomic E-state index is 13.1. The predicted octanol–water partition coefficient (Wildman–Crippen LogP) is 3.26. The number of hydrogen-bond donors (Lipinski definition) is 1. The van der Waals surface area contributed by atoms with Crippen LogP contribution in [0.25, 0.3) is 0 Å². The van der Waals surface area contributed by atoms with Crippen LogP contribution >= 0.6 is 11.6 Å². The lowest BCUT2D eigenvalue weighted by Gasteiger charge is -2.08. The molecule has 1 aromatic rings. The fraction of sp³-hybridized carbons (Fsp3) is 0.571. The van der Waals surface area contributed by atoms with Gasteiger partial charge in [-0.25, -0.2) is 4.39 Å². The Hall–Kier alpha value is -0.840. The van der Waals surface area contributed by atoms with Gasteiger partial charge in [0.1, 0.15) is 18.2 Å². The van der Waals surface area contributed by atoms with E-state index in [1.807, 2.05) is 0 Å². The molecule has 0 saturated heterocycles. The molecule has 0 saturated carbocycles. The van der Waals surface area contributed by atoms with Crippen LogP contribution in [0.4, 0.5) is 4.39 Å². The van der Waals surface area contributed by atoms with Crippen molar-refractivity contribution in [3.8, 4) is 5.75 Å². The number of ether oxygens (including phenoxy) is 2. The lowest BCUT2D eigenvalue weighted by atomic mass is 10.3. The van der Waals surface area contributed by atoms with Crippen molar-refractivity contribution >= 4 is 11.6 Å². The van der Waals surface area contributed by atoms with E-state index in [1.54, 1.807) is 6.07 Å². The van der Waals surface area contributed by atoms with E-state index in [4.69, 9.17) is 21.1 Å². The topological polar surface area (TPSA) is 30.5 Å². The quantitative estimate of drug-likeness (QED) is 0.671. The molecule has 0 bridgehead atoms. The Morgan fingerprint density at radius 3 is 2.74 bits per heavy atom. The lowest BCUT2D eigenvalue weighted by molar-refractivity contribution is 0.132. The van der Waals surface area contributed by atoms with E-state index in [-0.39, 0.29) is 5.02 Å². The molecular weight excluding hydrogens is 269 g/mol. The summed E-state index contributed by atoms with van der Waals surface area (Å²) in [7, 11) is 0. The molecule has 0 aromatic heterocycles. The van der Waals surface area contributed by atoms with E-state index in [2.05, 4.69) is 12.2 Å². The first-order chi connectivity index (χ1) is 9.24. The van der Waals surface area contributed by atoms with Crippen molar-refractivity contribution in [2.24, 2.45) is 0 Å². The highest BCUT2D eigenvalue weighted by Crippen LogP contribution is 2.20. The summed E-state index contributed by atoms with van der Waals surface area (Å²) in [5, 5.41) is 3.29. The molecule has 5 heteroatoms. The van der Waals surface area contributed by atoms with E-state index < -0.39 is 5.82 Å². The van der Waals surface area contributed by atoms with Gasteiger partial charge in [0.25, 0.3) is 0 Å². The molecule has 0 aliphatic rings. The molecule has 0 aliphatic carbocycles. The summed E-state index contributed by atoms with van der Waals surface area (Å²) in [4.78, 5) is 0. The number of benzene rings is 1. The minimum absolute atomic E-state index is 0.106. The summed E-state index contributed by atoms with van der Waals surface area (Å²) < 4.78 is 23.9. The van der Waals surface area contributed by atoms with Crippen LogP contribution in [-0.2, 0) is 4.74 Å². The molecule has 1 rings (SSSR count). The van der Waals surface area contributed by atoms with Crippen LogP contribution in [0.15, 0.2) is 18.2 Å². The molecule has 0 heterocycles. The average Bonchev–Trinajstić information content (AvgIpc) is 2.41. The van der Waals surface area contributed by atoms with E-state index >= 15 is 0 Å². The molecule has 19 heavy (non-hydrogen) atoms. The van der Waals surface area contributed by atoms with E-state index in [0.717, 1.165) is 26.0 Å². The second kappa shape index (κ2) is 10.0. The summed E-state index contributed by atoms with van der Waals surface area (Å²) in [5.74, 6) is 0.0272. The summed E-state index contributed by atoms with van der Waals surface area (Å²) >= 11 is 5.58. The Morgan fingerprint density at radius 1 is 1.21 bits per heavy atom. The maximum Gasteiger partial charge on any atom is 0.145 e. The SMILES string of the molecule is CCCCOCCNCCOc1ccc(Cl)c(F)c1. The second-order valence-electron chi connectivity index (χ2n) is 4.14. The van der Waals surface area contributed by atoms with Gasteiger partial charge in [-0.3, -0.25) is 0 Å². The number of rotatable bonds is 10. The second-order valence-corrected chi connectivity index (χ2v) is 4.55. The van der Waals surface area contributed by atoms with Crippen molar-refractivity contribution in [1.82, 2.24) is 5.32 Å². The van der Waals surface area contributed by atoms with Gasteiger partial charge in [0.2, 0.25) is 0 Å². The smallest absolute Gasteiger partial charge is 0.145 e. The molecule has 0 aliphatic heterocycles. The summed E-state index contributed by atoms with van der Waals surface area (Å²) in [6, 6.07) is 4.43. The van der Waals surface area contributed by atoms with Gasteiger partial charge in [0.15, 0.2) is 0 Å². The third-order valence-corrected chi connectivity index (χ3v) is 2.81. The van der Waals surface area contributed by atoms with Crippen molar-refractivity contribution in [3.63, 3.8) is 0 Å². The molecule has 0 amide bonds. The molecule has 1 N–H and O–H groups in total. The molecule has 0 radical (unpaired) electrons. The summed E-state index contributed by atoms with van der Waals surface area (Å²) in [6.45, 7) is 5.63. The molecule has 0 spiro atoms. The molecule has 0 unspecified atom stereocenters. The number of nitrogens with one attached hydrogen (secondary N) is 1. The van der Waals surface area contributed by atoms with Crippen LogP contribution in [0.5, 0.6) is 5.75 Å². The van der Waals surface area contributed by atoms with Crippen LogP contribution in [0.1, 0.15) is 19.8 Å². The molecule has 1 aromatic carbocycles. The van der Waals surface area contributed by atoms with Crippen molar-refractivity contribution in [2.75, 3.05) is 32.9 Å². The summed E-state index contributed by atoms with van der Waals surface area (Å²) in [6.07, 6.45) is 2.25. The molecule has 0 fully saturated rings. The first kappa shape index (κ1) is 16.2. The van der Waals surface area contributed by atoms with Gasteiger partial charge >= 0.3 is 0 Å². The fourth-order valence-electron chi connectivity index (χ4n) is 1.43. The van der Waals surface area contributed by atoms with Gasteiger partial charge < -0.3 is 14.8 Å². The third kappa shape index (κ3) is 7.35. The Balaban J connectivity index is 2.00. The highest BCUT2D eigenvalue weighted by atomic mass is 35.5. The standard InChI is InChI=1S/C14H21ClFNO2/c1-2-3-8-18-9-6-17-7-10-19-12-4-5-13(15)14(16)11-12/h4-5,11,17H,2-3,6-10H2,1H3. The zero-order valence-corrected chi connectivity index (χ0v) is 12.0. The number of halogens is 2. The van der Waals surface area contributed by atoms with E-state index in [0.29, 0.717) is 25.5 Å². The molecule has 108 valence electrons. The van der Waals surface area contributed by atoms with Crippen molar-refractivity contribution in [1.29, 1.82) is 0 Å². The Bertz CT molecular complexity index is 363. The first-order valence-electron chi connectivity index (χ1n) is 6.60. The minimum atomic E-state index is -0.462. The molecular formula is C14H21ClFNO2. The normalized spacial score (nSPS) is 10.7. The van der Waals surface area contributed by atoms with Gasteiger partial charge in [-0.2, -0.15) is 0 Å². The highest BCUT2D eigenvalue weighted by molar-refractivity contribution is 6.30. The average molecular weight is 290 g/mol. The lowest BCUT2D eigenvalue weighted by Crippen LogP contribution is -2.25. The van der Waals surface area contributed by atoms with Gasteiger partial charge in [0.05, 0.1) is 11.6 Å². The number of unbranched alkanes of at least 4 members (excludes halogenated alkanes) is 1. The minimum Gasteiger partial charge on any atom is -0.492 e.